The zero-order valence-electron chi connectivity index (χ0n) is 11.3. The molecule has 1 fully saturated rings. The van der Waals surface area contributed by atoms with E-state index in [1.807, 2.05) is 18.2 Å². The highest BCUT2D eigenvalue weighted by atomic mass is 16.2. The molecular formula is C14H18N4O2. The molecule has 0 bridgehead atoms. The van der Waals surface area contributed by atoms with Gasteiger partial charge in [-0.2, -0.15) is 0 Å². The SMILES string of the molecule is O=CC1CCCCN1CCn1nc2ccccn2c1=O. The Labute approximate surface area is 116 Å². The summed E-state index contributed by atoms with van der Waals surface area (Å²) >= 11 is 0. The maximum Gasteiger partial charge on any atom is 0.350 e. The minimum atomic E-state index is -0.125. The molecule has 3 heterocycles. The molecule has 2 aromatic rings. The van der Waals surface area contributed by atoms with E-state index in [0.717, 1.165) is 32.1 Å². The second-order valence-electron chi connectivity index (χ2n) is 5.17. The van der Waals surface area contributed by atoms with Crippen molar-refractivity contribution >= 4 is 11.9 Å². The van der Waals surface area contributed by atoms with Gasteiger partial charge in [-0.25, -0.2) is 9.48 Å². The first-order chi connectivity index (χ1) is 9.79. The molecule has 1 unspecified atom stereocenters. The van der Waals surface area contributed by atoms with Crippen molar-refractivity contribution < 1.29 is 4.79 Å². The summed E-state index contributed by atoms with van der Waals surface area (Å²) < 4.78 is 3.01. The number of nitrogens with zero attached hydrogens (tertiary/aromatic N) is 4. The number of pyridine rings is 1. The Hall–Kier alpha value is -1.95. The van der Waals surface area contributed by atoms with Gasteiger partial charge in [-0.1, -0.05) is 12.5 Å². The van der Waals surface area contributed by atoms with Crippen LogP contribution in [0.25, 0.3) is 5.65 Å². The van der Waals surface area contributed by atoms with Gasteiger partial charge in [0.05, 0.1) is 12.6 Å². The molecule has 0 N–H and O–H groups in total. The third-order valence-electron chi connectivity index (χ3n) is 3.91. The molecule has 0 radical (unpaired) electrons. The lowest BCUT2D eigenvalue weighted by Gasteiger charge is -2.31. The lowest BCUT2D eigenvalue weighted by molar-refractivity contribution is -0.113. The minimum absolute atomic E-state index is 0.00326. The molecular weight excluding hydrogens is 256 g/mol. The molecule has 0 saturated carbocycles. The molecule has 1 saturated heterocycles. The molecule has 3 rings (SSSR count). The van der Waals surface area contributed by atoms with Crippen LogP contribution < -0.4 is 5.69 Å². The fraction of sp³-hybridized carbons (Fsp3) is 0.500. The number of aromatic nitrogens is 3. The van der Waals surface area contributed by atoms with Crippen LogP contribution in [-0.2, 0) is 11.3 Å². The van der Waals surface area contributed by atoms with Gasteiger partial charge in [0.2, 0.25) is 0 Å². The summed E-state index contributed by atoms with van der Waals surface area (Å²) in [5, 5.41) is 4.30. The molecule has 0 spiro atoms. The average Bonchev–Trinajstić information content (AvgIpc) is 2.82. The molecule has 1 aliphatic rings. The van der Waals surface area contributed by atoms with E-state index < -0.39 is 0 Å². The Morgan fingerprint density at radius 2 is 2.20 bits per heavy atom. The maximum atomic E-state index is 12.1. The van der Waals surface area contributed by atoms with Crippen LogP contribution in [0.4, 0.5) is 0 Å². The van der Waals surface area contributed by atoms with Crippen molar-refractivity contribution in [2.45, 2.75) is 31.8 Å². The van der Waals surface area contributed by atoms with Crippen LogP contribution in [0.15, 0.2) is 29.2 Å². The first kappa shape index (κ1) is 13.1. The Morgan fingerprint density at radius 3 is 3.00 bits per heavy atom. The molecule has 0 aliphatic carbocycles. The highest BCUT2D eigenvalue weighted by molar-refractivity contribution is 5.57. The van der Waals surface area contributed by atoms with Crippen molar-refractivity contribution in [1.82, 2.24) is 19.1 Å². The highest BCUT2D eigenvalue weighted by Gasteiger charge is 2.21. The van der Waals surface area contributed by atoms with Crippen molar-refractivity contribution in [3.05, 3.63) is 34.9 Å². The third-order valence-corrected chi connectivity index (χ3v) is 3.91. The predicted octanol–water partition coefficient (Wildman–Crippen LogP) is 0.549. The largest absolute Gasteiger partial charge is 0.350 e. The summed E-state index contributed by atoms with van der Waals surface area (Å²) in [5.41, 5.74) is 0.531. The third kappa shape index (κ3) is 2.38. The number of carbonyl (C=O) groups is 1. The molecule has 0 amide bonds. The van der Waals surface area contributed by atoms with E-state index in [0.29, 0.717) is 18.7 Å². The maximum absolute atomic E-state index is 12.1. The van der Waals surface area contributed by atoms with Gasteiger partial charge >= 0.3 is 5.69 Å². The van der Waals surface area contributed by atoms with Gasteiger partial charge in [0.25, 0.3) is 0 Å². The average molecular weight is 274 g/mol. The summed E-state index contributed by atoms with van der Waals surface area (Å²) in [6.07, 6.45) is 5.88. The summed E-state index contributed by atoms with van der Waals surface area (Å²) in [7, 11) is 0. The normalized spacial score (nSPS) is 20.3. The predicted molar refractivity (Wildman–Crippen MR) is 74.7 cm³/mol. The van der Waals surface area contributed by atoms with Crippen LogP contribution in [-0.4, -0.2) is 44.5 Å². The van der Waals surface area contributed by atoms with E-state index in [4.69, 9.17) is 0 Å². The summed E-state index contributed by atoms with van der Waals surface area (Å²) in [6.45, 7) is 2.13. The number of rotatable bonds is 4. The van der Waals surface area contributed by atoms with Gasteiger partial charge in [0.1, 0.15) is 6.29 Å². The van der Waals surface area contributed by atoms with E-state index in [2.05, 4.69) is 10.00 Å². The summed E-state index contributed by atoms with van der Waals surface area (Å²) in [4.78, 5) is 25.3. The van der Waals surface area contributed by atoms with Gasteiger partial charge in [0.15, 0.2) is 5.65 Å². The smallest absolute Gasteiger partial charge is 0.302 e. The highest BCUT2D eigenvalue weighted by Crippen LogP contribution is 2.14. The molecule has 1 atom stereocenters. The second kappa shape index (κ2) is 5.58. The topological polar surface area (TPSA) is 59.6 Å². The van der Waals surface area contributed by atoms with Crippen LogP contribution in [0.1, 0.15) is 19.3 Å². The van der Waals surface area contributed by atoms with Crippen LogP contribution >= 0.6 is 0 Å². The monoisotopic (exact) mass is 274 g/mol. The molecule has 1 aliphatic heterocycles. The van der Waals surface area contributed by atoms with Crippen molar-refractivity contribution in [2.24, 2.45) is 0 Å². The summed E-state index contributed by atoms with van der Waals surface area (Å²) in [5.74, 6) is 0. The lowest BCUT2D eigenvalue weighted by atomic mass is 10.0. The van der Waals surface area contributed by atoms with E-state index in [-0.39, 0.29) is 11.7 Å². The van der Waals surface area contributed by atoms with Crippen LogP contribution in [0, 0.1) is 0 Å². The second-order valence-corrected chi connectivity index (χ2v) is 5.17. The van der Waals surface area contributed by atoms with Gasteiger partial charge < -0.3 is 4.79 Å². The molecule has 20 heavy (non-hydrogen) atoms. The molecule has 6 nitrogen and oxygen atoms in total. The van der Waals surface area contributed by atoms with E-state index in [9.17, 15) is 9.59 Å². The standard InChI is InChI=1S/C14H18N4O2/c19-11-12-5-1-3-7-16(12)9-10-18-14(20)17-8-4-2-6-13(17)15-18/h2,4,6,8,11-12H,1,3,5,7,9-10H2. The quantitative estimate of drug-likeness (QED) is 0.764. The first-order valence-electron chi connectivity index (χ1n) is 7.03. The number of aldehydes is 1. The van der Waals surface area contributed by atoms with Crippen molar-refractivity contribution in [1.29, 1.82) is 0 Å². The Morgan fingerprint density at radius 1 is 1.30 bits per heavy atom. The van der Waals surface area contributed by atoms with Crippen LogP contribution in [0.5, 0.6) is 0 Å². The number of fused-ring (bicyclic) bond motifs is 1. The molecule has 0 aromatic carbocycles. The van der Waals surface area contributed by atoms with Gasteiger partial charge in [0, 0.05) is 12.7 Å². The van der Waals surface area contributed by atoms with E-state index in [1.165, 1.54) is 9.08 Å². The fourth-order valence-corrected chi connectivity index (χ4v) is 2.79. The van der Waals surface area contributed by atoms with E-state index in [1.54, 1.807) is 6.20 Å². The number of carbonyl (C=O) groups excluding carboxylic acids is 1. The van der Waals surface area contributed by atoms with Crippen LogP contribution in [0.3, 0.4) is 0 Å². The Kier molecular flexibility index (Phi) is 3.64. The first-order valence-corrected chi connectivity index (χ1v) is 7.03. The number of piperidine rings is 1. The van der Waals surface area contributed by atoms with Crippen molar-refractivity contribution in [3.63, 3.8) is 0 Å². The summed E-state index contributed by atoms with van der Waals surface area (Å²) in [6, 6.07) is 5.48. The van der Waals surface area contributed by atoms with E-state index >= 15 is 0 Å². The van der Waals surface area contributed by atoms with Gasteiger partial charge in [-0.05, 0) is 31.5 Å². The fourth-order valence-electron chi connectivity index (χ4n) is 2.79. The lowest BCUT2D eigenvalue weighted by Crippen LogP contribution is -2.43. The molecule has 106 valence electrons. The zero-order chi connectivity index (χ0) is 13.9. The molecule has 6 heteroatoms. The minimum Gasteiger partial charge on any atom is -0.302 e. The molecule has 2 aromatic heterocycles. The van der Waals surface area contributed by atoms with Crippen LogP contribution in [0.2, 0.25) is 0 Å². The van der Waals surface area contributed by atoms with Crippen molar-refractivity contribution in [2.75, 3.05) is 13.1 Å². The zero-order valence-corrected chi connectivity index (χ0v) is 11.3. The van der Waals surface area contributed by atoms with Gasteiger partial charge in [-0.3, -0.25) is 9.30 Å². The van der Waals surface area contributed by atoms with Gasteiger partial charge in [-0.15, -0.1) is 5.10 Å². The number of hydrogen-bond acceptors (Lipinski definition) is 4. The number of hydrogen-bond donors (Lipinski definition) is 0. The van der Waals surface area contributed by atoms with Crippen molar-refractivity contribution in [3.8, 4) is 0 Å². The Balaban J connectivity index is 1.75. The Bertz CT molecular complexity index is 660. The number of likely N-dealkylation sites (tertiary alicyclic amines) is 1.